The Labute approximate surface area is 221 Å². The molecule has 5 atom stereocenters. The van der Waals surface area contributed by atoms with Gasteiger partial charge in [-0.3, -0.25) is 20.2 Å². The number of halogens is 2. The van der Waals surface area contributed by atoms with Crippen molar-refractivity contribution in [1.29, 1.82) is 0 Å². The average Bonchev–Trinajstić information content (AvgIpc) is 3.19. The van der Waals surface area contributed by atoms with E-state index >= 15 is 0 Å². The predicted octanol–water partition coefficient (Wildman–Crippen LogP) is 7.20. The molecule has 0 spiro atoms. The SMILES string of the molecule is COc1cc([N+](=O)[O-])cc2c1N[C@@H](c1ccccc1Cl)[C@@H]1C[C@@H](Sc3ccccc3[N+](=O)[O-])[C@@H](Cl)[C@H]21. The third kappa shape index (κ3) is 4.25. The Hall–Kier alpha value is -3.01. The van der Waals surface area contributed by atoms with Crippen molar-refractivity contribution in [3.05, 3.63) is 97.0 Å². The number of hydrogen-bond acceptors (Lipinski definition) is 7. The quantitative estimate of drug-likeness (QED) is 0.198. The summed E-state index contributed by atoms with van der Waals surface area (Å²) in [6.07, 6.45) is 0.628. The van der Waals surface area contributed by atoms with E-state index in [4.69, 9.17) is 27.9 Å². The van der Waals surface area contributed by atoms with Crippen molar-refractivity contribution >= 4 is 52.0 Å². The van der Waals surface area contributed by atoms with Crippen LogP contribution in [0, 0.1) is 26.1 Å². The number of nitrogens with zero attached hydrogens (tertiary/aromatic N) is 2. The van der Waals surface area contributed by atoms with E-state index in [9.17, 15) is 20.2 Å². The lowest BCUT2D eigenvalue weighted by molar-refractivity contribution is -0.387. The summed E-state index contributed by atoms with van der Waals surface area (Å²) in [5, 5.41) is 26.8. The van der Waals surface area contributed by atoms with Crippen molar-refractivity contribution in [2.75, 3.05) is 12.4 Å². The van der Waals surface area contributed by atoms with Crippen molar-refractivity contribution in [1.82, 2.24) is 0 Å². The fourth-order valence-electron chi connectivity index (χ4n) is 5.35. The molecule has 0 bridgehead atoms. The number of alkyl halides is 1. The Balaban J connectivity index is 1.62. The van der Waals surface area contributed by atoms with Gasteiger partial charge >= 0.3 is 0 Å². The molecule has 3 aromatic rings. The second kappa shape index (κ2) is 9.80. The van der Waals surface area contributed by atoms with Crippen LogP contribution in [0.3, 0.4) is 0 Å². The van der Waals surface area contributed by atoms with Gasteiger partial charge < -0.3 is 10.1 Å². The summed E-state index contributed by atoms with van der Waals surface area (Å²) < 4.78 is 5.54. The van der Waals surface area contributed by atoms with Crippen LogP contribution < -0.4 is 10.1 Å². The summed E-state index contributed by atoms with van der Waals surface area (Å²) >= 11 is 15.1. The zero-order valence-electron chi connectivity index (χ0n) is 19.0. The van der Waals surface area contributed by atoms with Crippen LogP contribution in [0.5, 0.6) is 5.75 Å². The van der Waals surface area contributed by atoms with Crippen molar-refractivity contribution in [2.24, 2.45) is 5.92 Å². The number of para-hydroxylation sites is 1. The van der Waals surface area contributed by atoms with Gasteiger partial charge in [-0.2, -0.15) is 0 Å². The molecule has 8 nitrogen and oxygen atoms in total. The van der Waals surface area contributed by atoms with E-state index in [-0.39, 0.29) is 34.5 Å². The molecule has 36 heavy (non-hydrogen) atoms. The summed E-state index contributed by atoms with van der Waals surface area (Å²) in [7, 11) is 1.47. The minimum atomic E-state index is -0.449. The van der Waals surface area contributed by atoms with Gasteiger partial charge in [0.05, 0.1) is 45.0 Å². The van der Waals surface area contributed by atoms with Crippen LogP contribution in [-0.2, 0) is 0 Å². The van der Waals surface area contributed by atoms with E-state index in [0.717, 1.165) is 5.56 Å². The number of anilines is 1. The molecule has 1 heterocycles. The molecule has 2 aliphatic rings. The first kappa shape index (κ1) is 24.7. The van der Waals surface area contributed by atoms with E-state index in [0.29, 0.717) is 33.3 Å². The molecule has 1 aliphatic heterocycles. The number of nitro benzene ring substituents is 2. The first-order valence-corrected chi connectivity index (χ1v) is 12.9. The van der Waals surface area contributed by atoms with Crippen LogP contribution in [0.15, 0.2) is 65.6 Å². The highest BCUT2D eigenvalue weighted by Crippen LogP contribution is 2.60. The lowest BCUT2D eigenvalue weighted by Crippen LogP contribution is -2.31. The fourth-order valence-corrected chi connectivity index (χ4v) is 7.54. The molecule has 1 fully saturated rings. The van der Waals surface area contributed by atoms with Crippen LogP contribution in [-0.4, -0.2) is 27.6 Å². The van der Waals surface area contributed by atoms with Gasteiger partial charge in [-0.25, -0.2) is 0 Å². The number of benzene rings is 3. The number of methoxy groups -OCH3 is 1. The smallest absolute Gasteiger partial charge is 0.282 e. The van der Waals surface area contributed by atoms with Crippen molar-refractivity contribution in [2.45, 2.75) is 33.9 Å². The minimum Gasteiger partial charge on any atom is -0.494 e. The molecule has 1 aliphatic carbocycles. The van der Waals surface area contributed by atoms with Crippen LogP contribution >= 0.6 is 35.0 Å². The molecular weight excluding hydrogens is 525 g/mol. The zero-order valence-corrected chi connectivity index (χ0v) is 21.3. The molecule has 1 N–H and O–H groups in total. The maximum atomic E-state index is 11.7. The highest BCUT2D eigenvalue weighted by molar-refractivity contribution is 8.00. The van der Waals surface area contributed by atoms with Crippen LogP contribution in [0.4, 0.5) is 17.1 Å². The molecule has 0 unspecified atom stereocenters. The molecule has 0 radical (unpaired) electrons. The lowest BCUT2D eigenvalue weighted by atomic mass is 9.77. The number of nitro groups is 2. The molecule has 5 rings (SSSR count). The second-order valence-corrected chi connectivity index (χ2v) is 11.0. The van der Waals surface area contributed by atoms with E-state index in [1.165, 1.54) is 31.0 Å². The number of thioether (sulfide) groups is 1. The van der Waals surface area contributed by atoms with E-state index in [1.807, 2.05) is 24.3 Å². The van der Waals surface area contributed by atoms with Crippen LogP contribution in [0.2, 0.25) is 5.02 Å². The van der Waals surface area contributed by atoms with Crippen LogP contribution in [0.25, 0.3) is 0 Å². The molecular formula is C25H21Cl2N3O5S. The monoisotopic (exact) mass is 545 g/mol. The first-order chi connectivity index (χ1) is 17.3. The molecule has 0 amide bonds. The largest absolute Gasteiger partial charge is 0.494 e. The maximum Gasteiger partial charge on any atom is 0.282 e. The van der Waals surface area contributed by atoms with E-state index < -0.39 is 15.2 Å². The van der Waals surface area contributed by atoms with Crippen molar-refractivity contribution < 1.29 is 14.6 Å². The Morgan fingerprint density at radius 1 is 1.03 bits per heavy atom. The molecule has 186 valence electrons. The third-order valence-corrected chi connectivity index (χ3v) is 9.34. The number of rotatable bonds is 6. The highest BCUT2D eigenvalue weighted by Gasteiger charge is 2.51. The Morgan fingerprint density at radius 3 is 2.44 bits per heavy atom. The number of ether oxygens (including phenoxy) is 1. The number of nitrogens with one attached hydrogen (secondary N) is 1. The maximum absolute atomic E-state index is 11.7. The lowest BCUT2D eigenvalue weighted by Gasteiger charge is -2.39. The molecule has 0 aromatic heterocycles. The molecule has 3 aromatic carbocycles. The van der Waals surface area contributed by atoms with Gasteiger partial charge in [0, 0.05) is 28.3 Å². The average molecular weight is 546 g/mol. The Kier molecular flexibility index (Phi) is 6.72. The van der Waals surface area contributed by atoms with Gasteiger partial charge in [0.1, 0.15) is 5.75 Å². The fraction of sp³-hybridized carbons (Fsp3) is 0.280. The van der Waals surface area contributed by atoms with Gasteiger partial charge in [-0.05, 0) is 35.6 Å². The second-order valence-electron chi connectivity index (χ2n) is 8.76. The summed E-state index contributed by atoms with van der Waals surface area (Å²) in [6, 6.07) is 16.9. The minimum absolute atomic E-state index is 0.0275. The van der Waals surface area contributed by atoms with Crippen LogP contribution in [0.1, 0.15) is 29.5 Å². The number of non-ortho nitro benzene ring substituents is 1. The van der Waals surface area contributed by atoms with Gasteiger partial charge in [-0.1, -0.05) is 41.9 Å². The third-order valence-electron chi connectivity index (χ3n) is 6.88. The van der Waals surface area contributed by atoms with Gasteiger partial charge in [0.15, 0.2) is 0 Å². The summed E-state index contributed by atoms with van der Waals surface area (Å²) in [5.41, 5.74) is 2.19. The first-order valence-electron chi connectivity index (χ1n) is 11.2. The van der Waals surface area contributed by atoms with Gasteiger partial charge in [0.25, 0.3) is 11.4 Å². The standard InChI is InChI=1S/C25H21Cl2N3O5S/c1-35-19-11-13(29(31)32)10-15-22-16(24(28-25(15)19)14-6-2-3-7-17(14)26)12-21(23(22)27)36-20-9-5-4-8-18(20)30(33)34/h2-11,16,21-24,28H,12H2,1H3/t16-,21-,22-,23-,24+/m1/s1. The summed E-state index contributed by atoms with van der Waals surface area (Å²) in [5.74, 6) is 0.0264. The number of hydrogen-bond donors (Lipinski definition) is 1. The molecule has 1 saturated carbocycles. The zero-order chi connectivity index (χ0) is 25.6. The Bertz CT molecular complexity index is 1360. The summed E-state index contributed by atoms with van der Waals surface area (Å²) in [6.45, 7) is 0. The highest BCUT2D eigenvalue weighted by atomic mass is 35.5. The number of fused-ring (bicyclic) bond motifs is 3. The normalized spacial score (nSPS) is 24.4. The topological polar surface area (TPSA) is 108 Å². The predicted molar refractivity (Wildman–Crippen MR) is 141 cm³/mol. The summed E-state index contributed by atoms with van der Waals surface area (Å²) in [4.78, 5) is 23.0. The molecule has 0 saturated heterocycles. The van der Waals surface area contributed by atoms with Crippen molar-refractivity contribution in [3.8, 4) is 5.75 Å². The molecule has 11 heteroatoms. The van der Waals surface area contributed by atoms with E-state index in [2.05, 4.69) is 5.32 Å². The Morgan fingerprint density at radius 2 is 1.75 bits per heavy atom. The van der Waals surface area contributed by atoms with E-state index in [1.54, 1.807) is 24.3 Å². The van der Waals surface area contributed by atoms with Gasteiger partial charge in [-0.15, -0.1) is 23.4 Å². The van der Waals surface area contributed by atoms with Gasteiger partial charge in [0.2, 0.25) is 0 Å². The van der Waals surface area contributed by atoms with Crippen molar-refractivity contribution in [3.63, 3.8) is 0 Å².